The van der Waals surface area contributed by atoms with Crippen LogP contribution < -0.4 is 10.6 Å². The number of carbonyl (C=O) groups excluding carboxylic acids is 1. The molecule has 0 bridgehead atoms. The lowest BCUT2D eigenvalue weighted by Gasteiger charge is -2.27. The highest BCUT2D eigenvalue weighted by molar-refractivity contribution is 6.35. The number of hydrogen-bond donors (Lipinski definition) is 2. The highest BCUT2D eigenvalue weighted by Gasteiger charge is 2.45. The van der Waals surface area contributed by atoms with Crippen LogP contribution in [-0.4, -0.2) is 19.0 Å². The van der Waals surface area contributed by atoms with E-state index in [1.54, 1.807) is 6.07 Å². The molecular weight excluding hydrogens is 224 g/mol. The summed E-state index contributed by atoms with van der Waals surface area (Å²) in [5.74, 6) is -0.000880. The molecule has 2 heterocycles. The minimum Gasteiger partial charge on any atom is -0.323 e. The number of benzene rings is 1. The molecule has 2 aliphatic heterocycles. The lowest BCUT2D eigenvalue weighted by Crippen LogP contribution is -2.44. The fourth-order valence-corrected chi connectivity index (χ4v) is 2.60. The first-order chi connectivity index (χ1) is 7.74. The largest absolute Gasteiger partial charge is 0.323 e. The number of amides is 1. The van der Waals surface area contributed by atoms with Crippen molar-refractivity contribution in [2.75, 3.05) is 18.4 Å². The molecule has 4 heteroatoms. The molecular formula is C12H11ClN2O. The fourth-order valence-electron chi connectivity index (χ4n) is 2.38. The molecule has 0 saturated carbocycles. The highest BCUT2D eigenvalue weighted by atomic mass is 35.5. The monoisotopic (exact) mass is 234 g/mol. The van der Waals surface area contributed by atoms with Crippen LogP contribution in [0, 0.1) is 0 Å². The third-order valence-corrected chi connectivity index (χ3v) is 3.52. The summed E-state index contributed by atoms with van der Waals surface area (Å²) in [6, 6.07) is 5.63. The summed E-state index contributed by atoms with van der Waals surface area (Å²) in [6.07, 6.45) is 3.96. The number of halogens is 1. The van der Waals surface area contributed by atoms with E-state index in [-0.39, 0.29) is 5.91 Å². The zero-order valence-electron chi connectivity index (χ0n) is 8.59. The van der Waals surface area contributed by atoms with Crippen LogP contribution in [0.4, 0.5) is 5.69 Å². The smallest absolute Gasteiger partial charge is 0.240 e. The summed E-state index contributed by atoms with van der Waals surface area (Å²) >= 11 is 6.08. The summed E-state index contributed by atoms with van der Waals surface area (Å²) in [7, 11) is 0. The molecule has 3 nitrogen and oxygen atoms in total. The van der Waals surface area contributed by atoms with Gasteiger partial charge < -0.3 is 10.6 Å². The van der Waals surface area contributed by atoms with Crippen molar-refractivity contribution >= 4 is 23.2 Å². The average Bonchev–Trinajstić information content (AvgIpc) is 2.57. The molecule has 1 atom stereocenters. The Morgan fingerprint density at radius 2 is 2.25 bits per heavy atom. The topological polar surface area (TPSA) is 41.1 Å². The number of para-hydroxylation sites is 1. The van der Waals surface area contributed by atoms with E-state index >= 15 is 0 Å². The van der Waals surface area contributed by atoms with Gasteiger partial charge in [-0.2, -0.15) is 0 Å². The van der Waals surface area contributed by atoms with E-state index in [1.807, 2.05) is 24.3 Å². The standard InChI is InChI=1S/C12H11ClN2O/c13-9-4-1-3-8-10(9)15-11(16)12(8)5-2-6-14-7-12/h1-5,14H,6-7H2,(H,15,16)/t12-/m1/s1. The van der Waals surface area contributed by atoms with Gasteiger partial charge in [0.25, 0.3) is 0 Å². The second kappa shape index (κ2) is 3.34. The summed E-state index contributed by atoms with van der Waals surface area (Å²) in [6.45, 7) is 1.44. The van der Waals surface area contributed by atoms with Crippen molar-refractivity contribution in [3.05, 3.63) is 40.9 Å². The minimum atomic E-state index is -0.571. The highest BCUT2D eigenvalue weighted by Crippen LogP contribution is 2.42. The van der Waals surface area contributed by atoms with Gasteiger partial charge in [0.15, 0.2) is 0 Å². The molecule has 2 aliphatic rings. The SMILES string of the molecule is O=C1Nc2c(Cl)cccc2[C@]12C=CCNC2. The molecule has 82 valence electrons. The maximum Gasteiger partial charge on any atom is 0.240 e. The van der Waals surface area contributed by atoms with Gasteiger partial charge in [-0.25, -0.2) is 0 Å². The van der Waals surface area contributed by atoms with Crippen LogP contribution in [0.2, 0.25) is 5.02 Å². The van der Waals surface area contributed by atoms with Crippen molar-refractivity contribution in [2.24, 2.45) is 0 Å². The molecule has 3 rings (SSSR count). The fraction of sp³-hybridized carbons (Fsp3) is 0.250. The average molecular weight is 235 g/mol. The second-order valence-corrected chi connectivity index (χ2v) is 4.53. The molecule has 16 heavy (non-hydrogen) atoms. The first-order valence-corrected chi connectivity index (χ1v) is 5.61. The van der Waals surface area contributed by atoms with Crippen molar-refractivity contribution in [3.63, 3.8) is 0 Å². The van der Waals surface area contributed by atoms with Crippen molar-refractivity contribution in [1.82, 2.24) is 5.32 Å². The van der Waals surface area contributed by atoms with E-state index in [4.69, 9.17) is 11.6 Å². The zero-order valence-corrected chi connectivity index (χ0v) is 9.34. The van der Waals surface area contributed by atoms with Gasteiger partial charge in [0.2, 0.25) is 5.91 Å². The number of rotatable bonds is 0. The van der Waals surface area contributed by atoms with Crippen LogP contribution >= 0.6 is 11.6 Å². The lowest BCUT2D eigenvalue weighted by atomic mass is 9.80. The molecule has 1 spiro atoms. The molecule has 1 amide bonds. The summed E-state index contributed by atoms with van der Waals surface area (Å²) in [5.41, 5.74) is 1.15. The molecule has 0 fully saturated rings. The Morgan fingerprint density at radius 1 is 1.38 bits per heavy atom. The number of fused-ring (bicyclic) bond motifs is 2. The summed E-state index contributed by atoms with van der Waals surface area (Å²) in [5, 5.41) is 6.68. The maximum absolute atomic E-state index is 12.1. The molecule has 0 aromatic heterocycles. The van der Waals surface area contributed by atoms with Gasteiger partial charge in [-0.3, -0.25) is 4.79 Å². The summed E-state index contributed by atoms with van der Waals surface area (Å²) in [4.78, 5) is 12.1. The van der Waals surface area contributed by atoms with Crippen LogP contribution in [0.5, 0.6) is 0 Å². The van der Waals surface area contributed by atoms with Gasteiger partial charge in [-0.05, 0) is 11.6 Å². The Kier molecular flexibility index (Phi) is 2.06. The number of hydrogen-bond acceptors (Lipinski definition) is 2. The summed E-state index contributed by atoms with van der Waals surface area (Å²) < 4.78 is 0. The van der Waals surface area contributed by atoms with Crippen LogP contribution in [0.15, 0.2) is 30.4 Å². The van der Waals surface area contributed by atoms with Gasteiger partial charge >= 0.3 is 0 Å². The van der Waals surface area contributed by atoms with E-state index < -0.39 is 5.41 Å². The van der Waals surface area contributed by atoms with Gasteiger partial charge in [-0.15, -0.1) is 0 Å². The molecule has 0 saturated heterocycles. The third-order valence-electron chi connectivity index (χ3n) is 3.21. The van der Waals surface area contributed by atoms with E-state index in [1.165, 1.54) is 0 Å². The van der Waals surface area contributed by atoms with E-state index in [2.05, 4.69) is 10.6 Å². The van der Waals surface area contributed by atoms with Gasteiger partial charge in [0, 0.05) is 13.1 Å². The predicted octanol–water partition coefficient (Wildman–Crippen LogP) is 1.69. The molecule has 0 aliphatic carbocycles. The van der Waals surface area contributed by atoms with Gasteiger partial charge in [0.1, 0.15) is 5.41 Å². The van der Waals surface area contributed by atoms with E-state index in [0.29, 0.717) is 11.6 Å². The van der Waals surface area contributed by atoms with Crippen molar-refractivity contribution in [3.8, 4) is 0 Å². The first-order valence-electron chi connectivity index (χ1n) is 5.23. The molecule has 2 N–H and O–H groups in total. The minimum absolute atomic E-state index is 0.000880. The van der Waals surface area contributed by atoms with E-state index in [9.17, 15) is 4.79 Å². The predicted molar refractivity (Wildman–Crippen MR) is 63.8 cm³/mol. The van der Waals surface area contributed by atoms with Crippen molar-refractivity contribution in [1.29, 1.82) is 0 Å². The van der Waals surface area contributed by atoms with Crippen LogP contribution in [-0.2, 0) is 10.2 Å². The number of anilines is 1. The Balaban J connectivity index is 2.23. The maximum atomic E-state index is 12.1. The Morgan fingerprint density at radius 3 is 3.00 bits per heavy atom. The van der Waals surface area contributed by atoms with Crippen molar-refractivity contribution in [2.45, 2.75) is 5.41 Å². The third kappa shape index (κ3) is 1.16. The normalized spacial score (nSPS) is 26.9. The Bertz CT molecular complexity index is 498. The lowest BCUT2D eigenvalue weighted by molar-refractivity contribution is -0.119. The van der Waals surface area contributed by atoms with Crippen LogP contribution in [0.3, 0.4) is 0 Å². The van der Waals surface area contributed by atoms with Crippen molar-refractivity contribution < 1.29 is 4.79 Å². The molecule has 1 aromatic carbocycles. The molecule has 0 radical (unpaired) electrons. The molecule has 0 unspecified atom stereocenters. The van der Waals surface area contributed by atoms with Crippen LogP contribution in [0.25, 0.3) is 0 Å². The second-order valence-electron chi connectivity index (χ2n) is 4.12. The van der Waals surface area contributed by atoms with E-state index in [0.717, 1.165) is 17.8 Å². The first kappa shape index (κ1) is 9.87. The Hall–Kier alpha value is -1.32. The molecule has 1 aromatic rings. The van der Waals surface area contributed by atoms with Gasteiger partial charge in [-0.1, -0.05) is 35.9 Å². The Labute approximate surface area is 98.5 Å². The number of nitrogens with one attached hydrogen (secondary N) is 2. The quantitative estimate of drug-likeness (QED) is 0.671. The number of carbonyl (C=O) groups is 1. The zero-order chi connectivity index (χ0) is 11.2. The van der Waals surface area contributed by atoms with Crippen LogP contribution in [0.1, 0.15) is 5.56 Å². The van der Waals surface area contributed by atoms with Gasteiger partial charge in [0.05, 0.1) is 10.7 Å².